The Bertz CT molecular complexity index is 860. The number of anilines is 1. The number of benzene rings is 2. The van der Waals surface area contributed by atoms with Gasteiger partial charge in [-0.1, -0.05) is 6.07 Å². The maximum atomic E-state index is 12.7. The Morgan fingerprint density at radius 1 is 1.00 bits per heavy atom. The van der Waals surface area contributed by atoms with E-state index >= 15 is 0 Å². The Labute approximate surface area is 164 Å². The molecule has 0 radical (unpaired) electrons. The topological polar surface area (TPSA) is 85.9 Å². The molecule has 0 aliphatic rings. The summed E-state index contributed by atoms with van der Waals surface area (Å²) in [6.45, 7) is 3.80. The molecule has 0 unspecified atom stereocenters. The third kappa shape index (κ3) is 5.77. The minimum absolute atomic E-state index is 0.105. The lowest BCUT2D eigenvalue weighted by Crippen LogP contribution is -2.28. The summed E-state index contributed by atoms with van der Waals surface area (Å²) in [5, 5.41) is 5.31. The molecule has 0 aromatic heterocycles. The van der Waals surface area contributed by atoms with Crippen LogP contribution < -0.4 is 24.8 Å². The lowest BCUT2D eigenvalue weighted by molar-refractivity contribution is -0.120. The number of ether oxygens (including phenoxy) is 3. The van der Waals surface area contributed by atoms with Crippen LogP contribution in [0.3, 0.4) is 0 Å². The average molecular weight is 384 g/mol. The molecule has 7 nitrogen and oxygen atoms in total. The molecule has 0 aliphatic heterocycles. The van der Waals surface area contributed by atoms with Crippen LogP contribution in [0.15, 0.2) is 48.2 Å². The van der Waals surface area contributed by atoms with E-state index in [0.29, 0.717) is 35.1 Å². The molecule has 0 bridgehead atoms. The standard InChI is InChI=1S/C21H24N2O5/c1-5-28-17-9-7-16(8-10-17)23-21(25)18(22-14(2)24)12-15-6-11-19(26-3)20(13-15)27-4/h6-13H,5H2,1-4H3,(H,22,24)(H,23,25)/b18-12-. The van der Waals surface area contributed by atoms with Gasteiger partial charge >= 0.3 is 0 Å². The minimum atomic E-state index is -0.450. The Hall–Kier alpha value is -3.48. The van der Waals surface area contributed by atoms with Gasteiger partial charge in [0, 0.05) is 12.6 Å². The van der Waals surface area contributed by atoms with E-state index in [2.05, 4.69) is 10.6 Å². The first kappa shape index (κ1) is 20.8. The molecule has 148 valence electrons. The van der Waals surface area contributed by atoms with E-state index in [4.69, 9.17) is 14.2 Å². The number of hydrogen-bond acceptors (Lipinski definition) is 5. The molecule has 2 aromatic rings. The first-order chi connectivity index (χ1) is 13.5. The van der Waals surface area contributed by atoms with Gasteiger partial charge in [0.25, 0.3) is 5.91 Å². The summed E-state index contributed by atoms with van der Waals surface area (Å²) in [6.07, 6.45) is 1.56. The van der Waals surface area contributed by atoms with Gasteiger partial charge in [-0.25, -0.2) is 0 Å². The van der Waals surface area contributed by atoms with Crippen LogP contribution in [0, 0.1) is 0 Å². The molecule has 0 spiro atoms. The normalized spacial score (nSPS) is 10.8. The van der Waals surface area contributed by atoms with Crippen LogP contribution in [-0.4, -0.2) is 32.6 Å². The number of rotatable bonds is 8. The highest BCUT2D eigenvalue weighted by atomic mass is 16.5. The number of hydrogen-bond donors (Lipinski definition) is 2. The van der Waals surface area contributed by atoms with Gasteiger partial charge in [-0.3, -0.25) is 9.59 Å². The number of nitrogens with one attached hydrogen (secondary N) is 2. The summed E-state index contributed by atoms with van der Waals surface area (Å²) in [7, 11) is 3.07. The van der Waals surface area contributed by atoms with Crippen molar-refractivity contribution in [1.82, 2.24) is 5.32 Å². The highest BCUT2D eigenvalue weighted by Gasteiger charge is 2.13. The van der Waals surface area contributed by atoms with Gasteiger partial charge in [-0.05, 0) is 55.0 Å². The van der Waals surface area contributed by atoms with Crippen molar-refractivity contribution in [3.8, 4) is 17.2 Å². The fourth-order valence-corrected chi connectivity index (χ4v) is 2.46. The monoisotopic (exact) mass is 384 g/mol. The quantitative estimate of drug-likeness (QED) is 0.683. The molecule has 0 saturated heterocycles. The van der Waals surface area contributed by atoms with Crippen LogP contribution in [0.5, 0.6) is 17.2 Å². The van der Waals surface area contributed by atoms with Crippen molar-refractivity contribution in [3.05, 3.63) is 53.7 Å². The highest BCUT2D eigenvalue weighted by Crippen LogP contribution is 2.28. The van der Waals surface area contributed by atoms with E-state index in [1.165, 1.54) is 14.0 Å². The summed E-state index contributed by atoms with van der Waals surface area (Å²) < 4.78 is 15.9. The van der Waals surface area contributed by atoms with E-state index in [1.807, 2.05) is 6.92 Å². The molecule has 0 aliphatic carbocycles. The fourth-order valence-electron chi connectivity index (χ4n) is 2.46. The van der Waals surface area contributed by atoms with E-state index in [1.54, 1.807) is 55.7 Å². The molecule has 2 amide bonds. The van der Waals surface area contributed by atoms with Crippen molar-refractivity contribution in [2.24, 2.45) is 0 Å². The number of carbonyl (C=O) groups excluding carboxylic acids is 2. The van der Waals surface area contributed by atoms with Gasteiger partial charge in [0.05, 0.1) is 20.8 Å². The van der Waals surface area contributed by atoms with Crippen molar-refractivity contribution in [2.75, 3.05) is 26.1 Å². The van der Waals surface area contributed by atoms with Gasteiger partial charge in [-0.15, -0.1) is 0 Å². The van der Waals surface area contributed by atoms with E-state index in [0.717, 1.165) is 0 Å². The molecule has 28 heavy (non-hydrogen) atoms. The van der Waals surface area contributed by atoms with E-state index in [-0.39, 0.29) is 11.6 Å². The fraction of sp³-hybridized carbons (Fsp3) is 0.238. The molecule has 0 fully saturated rings. The first-order valence-electron chi connectivity index (χ1n) is 8.72. The zero-order valence-corrected chi connectivity index (χ0v) is 16.4. The number of carbonyl (C=O) groups is 2. The second kappa shape index (κ2) is 10.0. The Morgan fingerprint density at radius 2 is 1.68 bits per heavy atom. The van der Waals surface area contributed by atoms with Crippen molar-refractivity contribution in [3.63, 3.8) is 0 Å². The van der Waals surface area contributed by atoms with Crippen molar-refractivity contribution in [2.45, 2.75) is 13.8 Å². The third-order valence-electron chi connectivity index (χ3n) is 3.70. The first-order valence-corrected chi connectivity index (χ1v) is 8.72. The van der Waals surface area contributed by atoms with Crippen molar-refractivity contribution >= 4 is 23.6 Å². The molecular weight excluding hydrogens is 360 g/mol. The van der Waals surface area contributed by atoms with Crippen LogP contribution in [0.4, 0.5) is 5.69 Å². The predicted molar refractivity (Wildman–Crippen MR) is 108 cm³/mol. The van der Waals surface area contributed by atoms with Crippen molar-refractivity contribution in [1.29, 1.82) is 0 Å². The molecule has 2 rings (SSSR count). The van der Waals surface area contributed by atoms with Crippen LogP contribution in [-0.2, 0) is 9.59 Å². The van der Waals surface area contributed by atoms with Crippen LogP contribution in [0.25, 0.3) is 6.08 Å². The Morgan fingerprint density at radius 3 is 2.25 bits per heavy atom. The van der Waals surface area contributed by atoms with Gasteiger partial charge in [0.2, 0.25) is 5.91 Å². The molecule has 2 N–H and O–H groups in total. The van der Waals surface area contributed by atoms with Gasteiger partial charge in [0.1, 0.15) is 11.4 Å². The summed E-state index contributed by atoms with van der Waals surface area (Å²) >= 11 is 0. The second-order valence-electron chi connectivity index (χ2n) is 5.77. The van der Waals surface area contributed by atoms with E-state index in [9.17, 15) is 9.59 Å². The number of amides is 2. The molecule has 7 heteroatoms. The average Bonchev–Trinajstić information content (AvgIpc) is 2.68. The largest absolute Gasteiger partial charge is 0.494 e. The van der Waals surface area contributed by atoms with Gasteiger partial charge in [0.15, 0.2) is 11.5 Å². The Balaban J connectivity index is 2.25. The van der Waals surface area contributed by atoms with Crippen molar-refractivity contribution < 1.29 is 23.8 Å². The lowest BCUT2D eigenvalue weighted by atomic mass is 10.1. The third-order valence-corrected chi connectivity index (χ3v) is 3.70. The maximum Gasteiger partial charge on any atom is 0.272 e. The molecule has 2 aromatic carbocycles. The van der Waals surface area contributed by atoms with E-state index < -0.39 is 5.91 Å². The van der Waals surface area contributed by atoms with Gasteiger partial charge < -0.3 is 24.8 Å². The molecule has 0 heterocycles. The zero-order chi connectivity index (χ0) is 20.5. The molecule has 0 atom stereocenters. The van der Waals surface area contributed by atoms with Crippen LogP contribution in [0.2, 0.25) is 0 Å². The SMILES string of the molecule is CCOc1ccc(NC(=O)/C(=C/c2ccc(OC)c(OC)c2)NC(C)=O)cc1. The smallest absolute Gasteiger partial charge is 0.272 e. The predicted octanol–water partition coefficient (Wildman–Crippen LogP) is 3.22. The molecular formula is C21H24N2O5. The highest BCUT2D eigenvalue weighted by molar-refractivity contribution is 6.08. The molecule has 0 saturated carbocycles. The van der Waals surface area contributed by atoms with Crippen LogP contribution >= 0.6 is 0 Å². The minimum Gasteiger partial charge on any atom is -0.494 e. The summed E-state index contributed by atoms with van der Waals surface area (Å²) in [5.41, 5.74) is 1.36. The Kier molecular flexibility index (Phi) is 7.45. The number of methoxy groups -OCH3 is 2. The van der Waals surface area contributed by atoms with Gasteiger partial charge in [-0.2, -0.15) is 0 Å². The zero-order valence-electron chi connectivity index (χ0n) is 16.4. The second-order valence-corrected chi connectivity index (χ2v) is 5.77. The lowest BCUT2D eigenvalue weighted by Gasteiger charge is -2.12. The summed E-state index contributed by atoms with van der Waals surface area (Å²) in [4.78, 5) is 24.2. The summed E-state index contributed by atoms with van der Waals surface area (Å²) in [6, 6.07) is 12.2. The maximum absolute atomic E-state index is 12.7. The summed E-state index contributed by atoms with van der Waals surface area (Å²) in [5.74, 6) is 0.996. The van der Waals surface area contributed by atoms with Crippen LogP contribution in [0.1, 0.15) is 19.4 Å².